The summed E-state index contributed by atoms with van der Waals surface area (Å²) in [6, 6.07) is 30.9. The topological polar surface area (TPSA) is 61.3 Å². The summed E-state index contributed by atoms with van der Waals surface area (Å²) in [4.78, 5) is 0. The molecule has 0 saturated heterocycles. The third-order valence-electron chi connectivity index (χ3n) is 5.51. The van der Waals surface area contributed by atoms with Gasteiger partial charge in [-0.15, -0.1) is 0 Å². The van der Waals surface area contributed by atoms with Crippen molar-refractivity contribution in [2.75, 3.05) is 18.6 Å². The normalized spacial score (nSPS) is 11.8. The van der Waals surface area contributed by atoms with Crippen molar-refractivity contribution in [3.63, 3.8) is 0 Å². The van der Waals surface area contributed by atoms with Gasteiger partial charge in [-0.3, -0.25) is 0 Å². The molecule has 0 heterocycles. The highest BCUT2D eigenvalue weighted by Gasteiger charge is 2.22. The van der Waals surface area contributed by atoms with Gasteiger partial charge in [0, 0.05) is 17.3 Å². The van der Waals surface area contributed by atoms with E-state index < -0.39 is 0 Å². The summed E-state index contributed by atoms with van der Waals surface area (Å²) in [5, 5.41) is 0. The summed E-state index contributed by atoms with van der Waals surface area (Å²) in [6.07, 6.45) is 0. The lowest BCUT2D eigenvalue weighted by Gasteiger charge is -2.23. The summed E-state index contributed by atoms with van der Waals surface area (Å²) < 4.78 is 5.48. The van der Waals surface area contributed by atoms with Crippen molar-refractivity contribution in [3.05, 3.63) is 113 Å². The second kappa shape index (κ2) is 8.34. The molecule has 4 aromatic rings. The monoisotopic (exact) mass is 394 g/mol. The van der Waals surface area contributed by atoms with Crippen LogP contribution in [-0.2, 0) is 0 Å². The molecule has 0 bridgehead atoms. The average Bonchev–Trinajstić information content (AvgIpc) is 2.78. The molecule has 3 heteroatoms. The van der Waals surface area contributed by atoms with Crippen LogP contribution in [0.4, 0.5) is 11.4 Å². The minimum Gasteiger partial charge on any atom is -0.497 e. The van der Waals surface area contributed by atoms with E-state index in [-0.39, 0.29) is 5.92 Å². The van der Waals surface area contributed by atoms with E-state index in [4.69, 9.17) is 16.2 Å². The molecular formula is C27H26N2O. The predicted octanol–water partition coefficient (Wildman–Crippen LogP) is 6.02. The van der Waals surface area contributed by atoms with E-state index in [1.165, 1.54) is 11.1 Å². The van der Waals surface area contributed by atoms with E-state index in [2.05, 4.69) is 61.5 Å². The van der Waals surface area contributed by atoms with Crippen molar-refractivity contribution in [2.45, 2.75) is 12.8 Å². The van der Waals surface area contributed by atoms with Gasteiger partial charge in [-0.25, -0.2) is 0 Å². The number of benzene rings is 4. The number of rotatable bonds is 5. The van der Waals surface area contributed by atoms with E-state index in [0.29, 0.717) is 5.69 Å². The molecule has 1 unspecified atom stereocenters. The minimum atomic E-state index is -0.0928. The minimum absolute atomic E-state index is 0.0928. The van der Waals surface area contributed by atoms with E-state index in [9.17, 15) is 0 Å². The molecule has 0 saturated carbocycles. The van der Waals surface area contributed by atoms with Gasteiger partial charge in [-0.1, -0.05) is 72.3 Å². The fourth-order valence-corrected chi connectivity index (χ4v) is 3.90. The van der Waals surface area contributed by atoms with E-state index in [1.807, 2.05) is 36.4 Å². The first-order chi connectivity index (χ1) is 14.6. The van der Waals surface area contributed by atoms with Gasteiger partial charge in [0.15, 0.2) is 0 Å². The Kier molecular flexibility index (Phi) is 5.44. The maximum absolute atomic E-state index is 6.43. The van der Waals surface area contributed by atoms with Crippen LogP contribution in [0.2, 0.25) is 0 Å². The molecule has 30 heavy (non-hydrogen) atoms. The number of hydrogen-bond acceptors (Lipinski definition) is 3. The summed E-state index contributed by atoms with van der Waals surface area (Å²) in [5.41, 5.74) is 21.0. The van der Waals surface area contributed by atoms with Crippen LogP contribution in [0.3, 0.4) is 0 Å². The second-order valence-corrected chi connectivity index (χ2v) is 7.55. The average molecular weight is 395 g/mol. The highest BCUT2D eigenvalue weighted by molar-refractivity contribution is 5.67. The lowest BCUT2D eigenvalue weighted by atomic mass is 9.82. The summed E-state index contributed by atoms with van der Waals surface area (Å²) >= 11 is 0. The molecule has 4 N–H and O–H groups in total. The van der Waals surface area contributed by atoms with Gasteiger partial charge >= 0.3 is 0 Å². The van der Waals surface area contributed by atoms with Crippen molar-refractivity contribution in [1.82, 2.24) is 0 Å². The Morgan fingerprint density at radius 1 is 0.667 bits per heavy atom. The predicted molar refractivity (Wildman–Crippen MR) is 126 cm³/mol. The van der Waals surface area contributed by atoms with Gasteiger partial charge in [0.2, 0.25) is 0 Å². The SMILES string of the molecule is COc1ccc(N)c(C(c2ccc(-c3ccccc3)cc2)c2cc(C)ccc2N)c1. The van der Waals surface area contributed by atoms with Gasteiger partial charge in [-0.05, 0) is 59.0 Å². The smallest absolute Gasteiger partial charge is 0.119 e. The molecule has 4 aromatic carbocycles. The van der Waals surface area contributed by atoms with Gasteiger partial charge in [0.1, 0.15) is 5.75 Å². The fourth-order valence-electron chi connectivity index (χ4n) is 3.90. The third kappa shape index (κ3) is 3.87. The first-order valence-electron chi connectivity index (χ1n) is 10.0. The number of hydrogen-bond donors (Lipinski definition) is 2. The Morgan fingerprint density at radius 2 is 1.27 bits per heavy atom. The number of nitrogens with two attached hydrogens (primary N) is 2. The number of anilines is 2. The molecule has 0 aliphatic heterocycles. The zero-order valence-corrected chi connectivity index (χ0v) is 17.3. The summed E-state index contributed by atoms with van der Waals surface area (Å²) in [5.74, 6) is 0.682. The summed E-state index contributed by atoms with van der Waals surface area (Å²) in [7, 11) is 1.67. The zero-order chi connectivity index (χ0) is 21.1. The van der Waals surface area contributed by atoms with Crippen molar-refractivity contribution in [3.8, 4) is 16.9 Å². The van der Waals surface area contributed by atoms with Crippen LogP contribution in [0, 0.1) is 6.92 Å². The summed E-state index contributed by atoms with van der Waals surface area (Å²) in [6.45, 7) is 2.08. The number of aryl methyl sites for hydroxylation is 1. The highest BCUT2D eigenvalue weighted by Crippen LogP contribution is 2.40. The number of methoxy groups -OCH3 is 1. The molecule has 0 aliphatic carbocycles. The standard InChI is InChI=1S/C27H26N2O/c1-18-8-14-25(28)23(16-18)27(24-17-22(30-2)13-15-26(24)29)21-11-9-20(10-12-21)19-6-4-3-5-7-19/h3-17,27H,28-29H2,1-2H3. The van der Waals surface area contributed by atoms with Crippen LogP contribution in [0.5, 0.6) is 5.75 Å². The Labute approximate surface area is 177 Å². The maximum Gasteiger partial charge on any atom is 0.119 e. The van der Waals surface area contributed by atoms with Crippen LogP contribution >= 0.6 is 0 Å². The Morgan fingerprint density at radius 3 is 1.93 bits per heavy atom. The van der Waals surface area contributed by atoms with E-state index >= 15 is 0 Å². The molecule has 4 rings (SSSR count). The Balaban J connectivity index is 1.87. The largest absolute Gasteiger partial charge is 0.497 e. The van der Waals surface area contributed by atoms with E-state index in [0.717, 1.165) is 33.7 Å². The first-order valence-corrected chi connectivity index (χ1v) is 10.0. The van der Waals surface area contributed by atoms with E-state index in [1.54, 1.807) is 7.11 Å². The Bertz CT molecular complexity index is 1150. The molecule has 0 spiro atoms. The quantitative estimate of drug-likeness (QED) is 0.322. The first kappa shape index (κ1) is 19.6. The molecule has 150 valence electrons. The van der Waals surface area contributed by atoms with Gasteiger partial charge < -0.3 is 16.2 Å². The van der Waals surface area contributed by atoms with Crippen LogP contribution in [-0.4, -0.2) is 7.11 Å². The molecule has 0 aromatic heterocycles. The third-order valence-corrected chi connectivity index (χ3v) is 5.51. The molecular weight excluding hydrogens is 368 g/mol. The number of nitrogen functional groups attached to an aromatic ring is 2. The highest BCUT2D eigenvalue weighted by atomic mass is 16.5. The van der Waals surface area contributed by atoms with Crippen molar-refractivity contribution < 1.29 is 4.74 Å². The molecule has 0 fully saturated rings. The van der Waals surface area contributed by atoms with Crippen molar-refractivity contribution in [1.29, 1.82) is 0 Å². The van der Waals surface area contributed by atoms with Crippen LogP contribution in [0.1, 0.15) is 28.2 Å². The van der Waals surface area contributed by atoms with Gasteiger partial charge in [0.25, 0.3) is 0 Å². The van der Waals surface area contributed by atoms with Crippen LogP contribution in [0.25, 0.3) is 11.1 Å². The number of ether oxygens (including phenoxy) is 1. The Hall–Kier alpha value is -3.72. The van der Waals surface area contributed by atoms with Crippen molar-refractivity contribution >= 4 is 11.4 Å². The van der Waals surface area contributed by atoms with Crippen LogP contribution in [0.15, 0.2) is 91.0 Å². The molecule has 0 amide bonds. The molecule has 0 radical (unpaired) electrons. The van der Waals surface area contributed by atoms with Crippen LogP contribution < -0.4 is 16.2 Å². The molecule has 0 aliphatic rings. The maximum atomic E-state index is 6.43. The van der Waals surface area contributed by atoms with Gasteiger partial charge in [0.05, 0.1) is 7.11 Å². The molecule has 3 nitrogen and oxygen atoms in total. The lowest BCUT2D eigenvalue weighted by Crippen LogP contribution is -2.10. The second-order valence-electron chi connectivity index (χ2n) is 7.55. The zero-order valence-electron chi connectivity index (χ0n) is 17.3. The van der Waals surface area contributed by atoms with Gasteiger partial charge in [-0.2, -0.15) is 0 Å². The molecule has 1 atom stereocenters. The lowest BCUT2D eigenvalue weighted by molar-refractivity contribution is 0.414. The fraction of sp³-hybridized carbons (Fsp3) is 0.111. The van der Waals surface area contributed by atoms with Crippen molar-refractivity contribution in [2.24, 2.45) is 0 Å².